The standard InChI is InChI=1S/C19H27N5O3/c20-10-15-2-4-16(5-3-15)21-6-1-8-23-11-17-13-24(9-7-22-19(25)26)14-18(12-23)27-17/h2-5,17-18,21-22H,1,6-9,11-14H2,(H,25,26)/p-1. The van der Waals surface area contributed by atoms with E-state index in [1.54, 1.807) is 0 Å². The lowest BCUT2D eigenvalue weighted by Gasteiger charge is -2.46. The molecule has 0 saturated carbocycles. The summed E-state index contributed by atoms with van der Waals surface area (Å²) in [6.45, 7) is 6.50. The lowest BCUT2D eigenvalue weighted by molar-refractivity contribution is -0.250. The average molecular weight is 372 g/mol. The maximum absolute atomic E-state index is 10.4. The number of carboxylic acid groups (broad SMARTS) is 1. The number of carbonyl (C=O) groups excluding carboxylic acids is 1. The van der Waals surface area contributed by atoms with Gasteiger partial charge in [-0.3, -0.25) is 9.80 Å². The quantitative estimate of drug-likeness (QED) is 0.603. The van der Waals surface area contributed by atoms with Gasteiger partial charge in [0.1, 0.15) is 6.09 Å². The molecule has 2 fully saturated rings. The Morgan fingerprint density at radius 2 is 1.74 bits per heavy atom. The summed E-state index contributed by atoms with van der Waals surface area (Å²) in [4.78, 5) is 15.2. The fourth-order valence-electron chi connectivity index (χ4n) is 3.74. The van der Waals surface area contributed by atoms with Crippen molar-refractivity contribution in [3.05, 3.63) is 29.8 Å². The van der Waals surface area contributed by atoms with E-state index in [4.69, 9.17) is 10.00 Å². The zero-order valence-electron chi connectivity index (χ0n) is 15.4. The third-order valence-electron chi connectivity index (χ3n) is 4.92. The zero-order chi connectivity index (χ0) is 19.1. The lowest BCUT2D eigenvalue weighted by atomic mass is 10.1. The maximum atomic E-state index is 10.4. The van der Waals surface area contributed by atoms with Crippen molar-refractivity contribution < 1.29 is 14.6 Å². The number of nitrogens with one attached hydrogen (secondary N) is 2. The first-order valence-corrected chi connectivity index (χ1v) is 9.41. The number of nitriles is 1. The molecule has 2 N–H and O–H groups in total. The fraction of sp³-hybridized carbons (Fsp3) is 0.579. The van der Waals surface area contributed by atoms with Gasteiger partial charge < -0.3 is 25.3 Å². The van der Waals surface area contributed by atoms with E-state index in [0.29, 0.717) is 18.7 Å². The van der Waals surface area contributed by atoms with Crippen LogP contribution in [0.15, 0.2) is 24.3 Å². The monoisotopic (exact) mass is 372 g/mol. The predicted octanol–water partition coefficient (Wildman–Crippen LogP) is -0.322. The second kappa shape index (κ2) is 9.55. The summed E-state index contributed by atoms with van der Waals surface area (Å²) in [6, 6.07) is 9.62. The van der Waals surface area contributed by atoms with Crippen LogP contribution >= 0.6 is 0 Å². The fourth-order valence-corrected chi connectivity index (χ4v) is 3.74. The van der Waals surface area contributed by atoms with Crippen molar-refractivity contribution in [2.45, 2.75) is 18.6 Å². The van der Waals surface area contributed by atoms with E-state index in [1.165, 1.54) is 0 Å². The van der Waals surface area contributed by atoms with Crippen LogP contribution in [0, 0.1) is 11.3 Å². The predicted molar refractivity (Wildman–Crippen MR) is 99.2 cm³/mol. The number of morpholine rings is 2. The summed E-state index contributed by atoms with van der Waals surface area (Å²) < 4.78 is 6.03. The van der Waals surface area contributed by atoms with Crippen molar-refractivity contribution in [2.24, 2.45) is 0 Å². The van der Waals surface area contributed by atoms with Crippen LogP contribution in [-0.4, -0.2) is 80.5 Å². The van der Waals surface area contributed by atoms with Crippen LogP contribution in [0.1, 0.15) is 12.0 Å². The molecule has 1 aromatic carbocycles. The van der Waals surface area contributed by atoms with Gasteiger partial charge in [0.2, 0.25) is 0 Å². The highest BCUT2D eigenvalue weighted by atomic mass is 16.5. The molecule has 0 aromatic heterocycles. The molecule has 2 aliphatic rings. The Hall–Kier alpha value is -2.34. The molecular weight excluding hydrogens is 346 g/mol. The molecule has 0 spiro atoms. The summed E-state index contributed by atoms with van der Waals surface area (Å²) in [6.07, 6.45) is 0.196. The Morgan fingerprint density at radius 1 is 1.11 bits per heavy atom. The molecule has 2 aliphatic heterocycles. The highest BCUT2D eigenvalue weighted by Crippen LogP contribution is 2.19. The van der Waals surface area contributed by atoms with E-state index >= 15 is 0 Å². The molecule has 3 rings (SSSR count). The molecule has 1 amide bonds. The lowest BCUT2D eigenvalue weighted by Crippen LogP contribution is -2.60. The summed E-state index contributed by atoms with van der Waals surface area (Å²) in [5, 5.41) is 25.0. The number of amides is 1. The number of fused-ring (bicyclic) bond motifs is 2. The molecule has 2 saturated heterocycles. The van der Waals surface area contributed by atoms with E-state index in [-0.39, 0.29) is 12.2 Å². The van der Waals surface area contributed by atoms with E-state index in [0.717, 1.165) is 51.4 Å². The van der Waals surface area contributed by atoms with Crippen LogP contribution in [-0.2, 0) is 4.74 Å². The Kier molecular flexibility index (Phi) is 6.87. The molecule has 146 valence electrons. The maximum Gasteiger partial charge on any atom is 0.134 e. The summed E-state index contributed by atoms with van der Waals surface area (Å²) >= 11 is 0. The Balaban J connectivity index is 1.33. The summed E-state index contributed by atoms with van der Waals surface area (Å²) in [7, 11) is 0. The van der Waals surface area contributed by atoms with Gasteiger partial charge in [0.25, 0.3) is 0 Å². The first-order chi connectivity index (χ1) is 13.1. The first kappa shape index (κ1) is 19.4. The number of benzene rings is 1. The minimum Gasteiger partial charge on any atom is -0.530 e. The second-order valence-corrected chi connectivity index (χ2v) is 7.08. The summed E-state index contributed by atoms with van der Waals surface area (Å²) in [5.41, 5.74) is 1.71. The van der Waals surface area contributed by atoms with Crippen LogP contribution in [0.2, 0.25) is 0 Å². The van der Waals surface area contributed by atoms with Crippen molar-refractivity contribution in [2.75, 3.05) is 57.7 Å². The zero-order valence-corrected chi connectivity index (χ0v) is 15.4. The normalized spacial score (nSPS) is 22.8. The third-order valence-corrected chi connectivity index (χ3v) is 4.92. The van der Waals surface area contributed by atoms with Crippen molar-refractivity contribution in [3.8, 4) is 6.07 Å². The molecular formula is C19H26N5O3-. The Morgan fingerprint density at radius 3 is 2.33 bits per heavy atom. The van der Waals surface area contributed by atoms with Gasteiger partial charge in [-0.1, -0.05) is 0 Å². The molecule has 2 heterocycles. The topological polar surface area (TPSA) is 104 Å². The largest absolute Gasteiger partial charge is 0.530 e. The van der Waals surface area contributed by atoms with Crippen molar-refractivity contribution in [1.29, 1.82) is 5.26 Å². The highest BCUT2D eigenvalue weighted by Gasteiger charge is 2.34. The minimum atomic E-state index is -1.22. The number of carbonyl (C=O) groups is 1. The van der Waals surface area contributed by atoms with Gasteiger partial charge in [0.05, 0.1) is 23.8 Å². The molecule has 2 unspecified atom stereocenters. The van der Waals surface area contributed by atoms with Gasteiger partial charge in [-0.15, -0.1) is 0 Å². The Bertz CT molecular complexity index is 646. The molecule has 8 nitrogen and oxygen atoms in total. The van der Waals surface area contributed by atoms with Gasteiger partial charge in [-0.2, -0.15) is 5.26 Å². The smallest absolute Gasteiger partial charge is 0.134 e. The van der Waals surface area contributed by atoms with Crippen LogP contribution < -0.4 is 15.7 Å². The van der Waals surface area contributed by atoms with E-state index < -0.39 is 6.09 Å². The van der Waals surface area contributed by atoms with Crippen LogP contribution in [0.3, 0.4) is 0 Å². The first-order valence-electron chi connectivity index (χ1n) is 9.41. The minimum absolute atomic E-state index is 0.187. The molecule has 27 heavy (non-hydrogen) atoms. The number of anilines is 1. The van der Waals surface area contributed by atoms with E-state index in [1.807, 2.05) is 24.3 Å². The SMILES string of the molecule is N#Cc1ccc(NCCCN2CC3CN(CCNC(=O)[O-])CC(C2)O3)cc1. The molecule has 8 heteroatoms. The van der Waals surface area contributed by atoms with Crippen molar-refractivity contribution in [3.63, 3.8) is 0 Å². The van der Waals surface area contributed by atoms with Gasteiger partial charge in [-0.25, -0.2) is 0 Å². The van der Waals surface area contributed by atoms with Crippen LogP contribution in [0.4, 0.5) is 10.5 Å². The Labute approximate surface area is 159 Å². The van der Waals surface area contributed by atoms with Crippen molar-refractivity contribution in [1.82, 2.24) is 15.1 Å². The molecule has 0 aliphatic carbocycles. The number of rotatable bonds is 8. The van der Waals surface area contributed by atoms with Crippen molar-refractivity contribution >= 4 is 11.8 Å². The van der Waals surface area contributed by atoms with Gasteiger partial charge in [0, 0.05) is 58.0 Å². The molecule has 2 bridgehead atoms. The number of ether oxygens (including phenoxy) is 1. The third kappa shape index (κ3) is 6.10. The second-order valence-electron chi connectivity index (χ2n) is 7.08. The number of hydrogen-bond acceptors (Lipinski definition) is 7. The molecule has 1 aromatic rings. The average Bonchev–Trinajstić information content (AvgIpc) is 2.65. The van der Waals surface area contributed by atoms with Gasteiger partial charge in [-0.05, 0) is 30.7 Å². The highest BCUT2D eigenvalue weighted by molar-refractivity contribution is 5.61. The number of nitrogens with zero attached hydrogens (tertiary/aromatic N) is 3. The molecule has 0 radical (unpaired) electrons. The van der Waals surface area contributed by atoms with Crippen LogP contribution in [0.5, 0.6) is 0 Å². The van der Waals surface area contributed by atoms with E-state index in [2.05, 4.69) is 26.5 Å². The molecule has 2 atom stereocenters. The summed E-state index contributed by atoms with van der Waals surface area (Å²) in [5.74, 6) is 0. The number of hydrogen-bond donors (Lipinski definition) is 2. The van der Waals surface area contributed by atoms with Gasteiger partial charge >= 0.3 is 0 Å². The van der Waals surface area contributed by atoms with Gasteiger partial charge in [0.15, 0.2) is 0 Å². The van der Waals surface area contributed by atoms with Crippen LogP contribution in [0.25, 0.3) is 0 Å². The van der Waals surface area contributed by atoms with E-state index in [9.17, 15) is 9.90 Å².